The topological polar surface area (TPSA) is 59.8 Å². The summed E-state index contributed by atoms with van der Waals surface area (Å²) in [7, 11) is 1.66. The zero-order valence-electron chi connectivity index (χ0n) is 11.6. The van der Waals surface area contributed by atoms with E-state index in [2.05, 4.69) is 29.2 Å². The fraction of sp³-hybridized carbons (Fsp3) is 0.462. The van der Waals surface area contributed by atoms with Crippen LogP contribution < -0.4 is 10.9 Å². The van der Waals surface area contributed by atoms with Crippen molar-refractivity contribution in [3.8, 4) is 11.3 Å². The Labute approximate surface area is 116 Å². The molecule has 0 saturated carbocycles. The van der Waals surface area contributed by atoms with Gasteiger partial charge in [-0.1, -0.05) is 13.8 Å². The van der Waals surface area contributed by atoms with E-state index in [0.29, 0.717) is 17.2 Å². The van der Waals surface area contributed by atoms with E-state index in [4.69, 9.17) is 0 Å². The van der Waals surface area contributed by atoms with E-state index in [0.717, 1.165) is 17.4 Å². The summed E-state index contributed by atoms with van der Waals surface area (Å²) in [5.41, 5.74) is 2.00. The van der Waals surface area contributed by atoms with Crippen LogP contribution >= 0.6 is 11.3 Å². The summed E-state index contributed by atoms with van der Waals surface area (Å²) in [6.07, 6.45) is 0. The fourth-order valence-corrected chi connectivity index (χ4v) is 2.43. The molecule has 19 heavy (non-hydrogen) atoms. The maximum absolute atomic E-state index is 12.0. The minimum absolute atomic E-state index is 0.119. The molecule has 2 rings (SSSR count). The van der Waals surface area contributed by atoms with E-state index in [1.54, 1.807) is 13.1 Å². The Bertz CT molecular complexity index is 630. The van der Waals surface area contributed by atoms with Gasteiger partial charge in [0.25, 0.3) is 5.56 Å². The molecule has 0 aliphatic carbocycles. The van der Waals surface area contributed by atoms with Crippen LogP contribution in [0.3, 0.4) is 0 Å². The minimum atomic E-state index is -0.119. The first-order valence-electron chi connectivity index (χ1n) is 6.22. The van der Waals surface area contributed by atoms with Crippen LogP contribution in [0.25, 0.3) is 11.3 Å². The third kappa shape index (κ3) is 3.20. The van der Waals surface area contributed by atoms with Crippen LogP contribution in [0.2, 0.25) is 0 Å². The number of thiazole rings is 1. The highest BCUT2D eigenvalue weighted by Crippen LogP contribution is 2.22. The number of nitrogens with one attached hydrogen (secondary N) is 1. The molecule has 0 saturated heterocycles. The van der Waals surface area contributed by atoms with E-state index in [1.165, 1.54) is 16.0 Å². The molecule has 0 radical (unpaired) electrons. The van der Waals surface area contributed by atoms with Crippen molar-refractivity contribution < 1.29 is 0 Å². The summed E-state index contributed by atoms with van der Waals surface area (Å²) in [5.74, 6) is 0.559. The summed E-state index contributed by atoms with van der Waals surface area (Å²) in [6.45, 7) is 7.03. The lowest BCUT2D eigenvalue weighted by molar-refractivity contribution is 0.688. The molecular weight excluding hydrogens is 260 g/mol. The highest BCUT2D eigenvalue weighted by molar-refractivity contribution is 7.14. The smallest absolute Gasteiger partial charge is 0.275 e. The van der Waals surface area contributed by atoms with Crippen molar-refractivity contribution in [1.82, 2.24) is 14.8 Å². The fourth-order valence-electron chi connectivity index (χ4n) is 1.71. The van der Waals surface area contributed by atoms with Gasteiger partial charge in [0.05, 0.1) is 17.0 Å². The van der Waals surface area contributed by atoms with E-state index < -0.39 is 0 Å². The molecule has 0 aliphatic heterocycles. The van der Waals surface area contributed by atoms with Gasteiger partial charge in [-0.2, -0.15) is 5.10 Å². The van der Waals surface area contributed by atoms with Crippen molar-refractivity contribution in [2.45, 2.75) is 20.8 Å². The van der Waals surface area contributed by atoms with E-state index in [9.17, 15) is 4.79 Å². The first kappa shape index (κ1) is 13.7. The lowest BCUT2D eigenvalue weighted by Gasteiger charge is -2.05. The van der Waals surface area contributed by atoms with Gasteiger partial charge in [-0.05, 0) is 18.9 Å². The Morgan fingerprint density at radius 3 is 2.89 bits per heavy atom. The predicted molar refractivity (Wildman–Crippen MR) is 78.7 cm³/mol. The number of hydrogen-bond donors (Lipinski definition) is 1. The van der Waals surface area contributed by atoms with Crippen molar-refractivity contribution in [2.75, 3.05) is 11.9 Å². The quantitative estimate of drug-likeness (QED) is 0.932. The number of aryl methyl sites for hydroxylation is 2. The van der Waals surface area contributed by atoms with Gasteiger partial charge in [0.15, 0.2) is 5.13 Å². The number of nitrogens with zero attached hydrogens (tertiary/aromatic N) is 3. The molecule has 5 nitrogen and oxygen atoms in total. The lowest BCUT2D eigenvalue weighted by atomic mass is 10.2. The molecule has 2 aromatic heterocycles. The standard InChI is InChI=1S/C13H18N4OS/c1-8(2)6-14-13-15-11(7-19-13)10-5-9(3)16-17(4)12(10)18/h5,7-8H,6H2,1-4H3,(H,14,15). The molecule has 102 valence electrons. The third-order valence-corrected chi connectivity index (χ3v) is 3.43. The molecule has 0 aromatic carbocycles. The van der Waals surface area contributed by atoms with Crippen LogP contribution in [-0.2, 0) is 7.05 Å². The molecule has 0 spiro atoms. The Hall–Kier alpha value is -1.69. The largest absolute Gasteiger partial charge is 0.361 e. The number of rotatable bonds is 4. The average Bonchev–Trinajstić information content (AvgIpc) is 2.79. The molecule has 0 fully saturated rings. The lowest BCUT2D eigenvalue weighted by Crippen LogP contribution is -2.22. The summed E-state index contributed by atoms with van der Waals surface area (Å²) in [5, 5.41) is 10.1. The minimum Gasteiger partial charge on any atom is -0.361 e. The SMILES string of the molecule is Cc1cc(-c2csc(NCC(C)C)n2)c(=O)n(C)n1. The molecule has 0 atom stereocenters. The molecule has 1 N–H and O–H groups in total. The second-order valence-corrected chi connectivity index (χ2v) is 5.80. The van der Waals surface area contributed by atoms with E-state index >= 15 is 0 Å². The van der Waals surface area contributed by atoms with Crippen molar-refractivity contribution in [2.24, 2.45) is 13.0 Å². The first-order chi connectivity index (χ1) is 8.97. The second kappa shape index (κ2) is 5.52. The Morgan fingerprint density at radius 2 is 2.21 bits per heavy atom. The van der Waals surface area contributed by atoms with Crippen LogP contribution in [0.5, 0.6) is 0 Å². The van der Waals surface area contributed by atoms with Gasteiger partial charge in [0.2, 0.25) is 0 Å². The Balaban J connectivity index is 2.30. The van der Waals surface area contributed by atoms with Crippen molar-refractivity contribution in [3.05, 3.63) is 27.5 Å². The van der Waals surface area contributed by atoms with Gasteiger partial charge in [-0.25, -0.2) is 9.67 Å². The number of aromatic nitrogens is 3. The highest BCUT2D eigenvalue weighted by atomic mass is 32.1. The molecule has 0 bridgehead atoms. The van der Waals surface area contributed by atoms with Gasteiger partial charge < -0.3 is 5.32 Å². The summed E-state index contributed by atoms with van der Waals surface area (Å²) < 4.78 is 1.35. The number of hydrogen-bond acceptors (Lipinski definition) is 5. The zero-order valence-corrected chi connectivity index (χ0v) is 12.4. The van der Waals surface area contributed by atoms with Gasteiger partial charge in [-0.3, -0.25) is 4.79 Å². The van der Waals surface area contributed by atoms with Crippen molar-refractivity contribution in [1.29, 1.82) is 0 Å². The molecule has 6 heteroatoms. The van der Waals surface area contributed by atoms with E-state index in [-0.39, 0.29) is 5.56 Å². The van der Waals surface area contributed by atoms with E-state index in [1.807, 2.05) is 12.3 Å². The average molecular weight is 278 g/mol. The van der Waals surface area contributed by atoms with Gasteiger partial charge >= 0.3 is 0 Å². The maximum atomic E-state index is 12.0. The van der Waals surface area contributed by atoms with Crippen molar-refractivity contribution in [3.63, 3.8) is 0 Å². The molecule has 0 amide bonds. The summed E-state index contributed by atoms with van der Waals surface area (Å²) in [6, 6.07) is 1.78. The second-order valence-electron chi connectivity index (χ2n) is 4.94. The molecule has 0 unspecified atom stereocenters. The highest BCUT2D eigenvalue weighted by Gasteiger charge is 2.11. The van der Waals surface area contributed by atoms with Gasteiger partial charge in [0.1, 0.15) is 0 Å². The zero-order chi connectivity index (χ0) is 14.0. The molecule has 2 heterocycles. The third-order valence-electron chi connectivity index (χ3n) is 2.63. The summed E-state index contributed by atoms with van der Waals surface area (Å²) in [4.78, 5) is 16.5. The van der Waals surface area contributed by atoms with Crippen LogP contribution in [0.15, 0.2) is 16.2 Å². The normalized spacial score (nSPS) is 11.0. The van der Waals surface area contributed by atoms with Crippen molar-refractivity contribution >= 4 is 16.5 Å². The molecule has 0 aliphatic rings. The molecule has 2 aromatic rings. The Morgan fingerprint density at radius 1 is 1.47 bits per heavy atom. The van der Waals surface area contributed by atoms with Crippen LogP contribution in [0, 0.1) is 12.8 Å². The Kier molecular flexibility index (Phi) is 3.99. The van der Waals surface area contributed by atoms with Gasteiger partial charge in [0, 0.05) is 19.0 Å². The van der Waals surface area contributed by atoms with Crippen LogP contribution in [0.4, 0.5) is 5.13 Å². The van der Waals surface area contributed by atoms with Crippen LogP contribution in [0.1, 0.15) is 19.5 Å². The number of anilines is 1. The van der Waals surface area contributed by atoms with Gasteiger partial charge in [-0.15, -0.1) is 11.3 Å². The summed E-state index contributed by atoms with van der Waals surface area (Å²) >= 11 is 1.52. The monoisotopic (exact) mass is 278 g/mol. The first-order valence-corrected chi connectivity index (χ1v) is 7.10. The predicted octanol–water partition coefficient (Wildman–Crippen LogP) is 2.28. The van der Waals surface area contributed by atoms with Crippen LogP contribution in [-0.4, -0.2) is 21.3 Å². The maximum Gasteiger partial charge on any atom is 0.275 e. The molecular formula is C13H18N4OS.